The van der Waals surface area contributed by atoms with Crippen molar-refractivity contribution in [2.45, 2.75) is 187 Å². The molecule has 4 nitrogen and oxygen atoms in total. The van der Waals surface area contributed by atoms with Crippen molar-refractivity contribution in [2.24, 2.45) is 5.92 Å². The summed E-state index contributed by atoms with van der Waals surface area (Å²) < 4.78 is 0. The van der Waals surface area contributed by atoms with Crippen molar-refractivity contribution in [3.05, 3.63) is 24.3 Å². The third-order valence-electron chi connectivity index (χ3n) is 8.31. The number of hydrogen-bond donors (Lipinski definition) is 2. The largest absolute Gasteiger partial charge is 0.395 e. The molecule has 0 heterocycles. The maximum absolute atomic E-state index is 12.9. The topological polar surface area (TPSA) is 66.4 Å². The van der Waals surface area contributed by atoms with Gasteiger partial charge in [-0.3, -0.25) is 9.59 Å². The molecule has 0 saturated heterocycles. The standard InChI is InChI=1S/C38H71NO3/c1-3-5-7-9-11-13-15-17-19-21-23-25-27-29-31-33-37(41)36(38(42)39-34-35-40)32-30-28-26-24-22-20-18-16-14-12-10-8-6-4-2/h17-20,36,40H,3-16,21-35H2,1-2H3,(H,39,42). The van der Waals surface area contributed by atoms with E-state index in [-0.39, 0.29) is 24.8 Å². The average molecular weight is 590 g/mol. The zero-order valence-corrected chi connectivity index (χ0v) is 28.2. The molecular formula is C38H71NO3. The van der Waals surface area contributed by atoms with Crippen molar-refractivity contribution in [2.75, 3.05) is 13.2 Å². The summed E-state index contributed by atoms with van der Waals surface area (Å²) in [4.78, 5) is 25.5. The molecule has 0 aliphatic heterocycles. The fourth-order valence-electron chi connectivity index (χ4n) is 5.53. The zero-order valence-electron chi connectivity index (χ0n) is 28.2. The molecule has 2 N–H and O–H groups in total. The van der Waals surface area contributed by atoms with Gasteiger partial charge in [-0.25, -0.2) is 0 Å². The van der Waals surface area contributed by atoms with Gasteiger partial charge >= 0.3 is 0 Å². The smallest absolute Gasteiger partial charge is 0.230 e. The van der Waals surface area contributed by atoms with Gasteiger partial charge in [0.1, 0.15) is 5.78 Å². The van der Waals surface area contributed by atoms with Crippen LogP contribution in [0.25, 0.3) is 0 Å². The Hall–Kier alpha value is -1.42. The van der Waals surface area contributed by atoms with E-state index in [0.717, 1.165) is 51.4 Å². The number of nitrogens with one attached hydrogen (secondary N) is 1. The van der Waals surface area contributed by atoms with Gasteiger partial charge in [-0.2, -0.15) is 0 Å². The molecule has 0 aromatic rings. The summed E-state index contributed by atoms with van der Waals surface area (Å²) in [5.41, 5.74) is 0. The average Bonchev–Trinajstić information content (AvgIpc) is 2.99. The van der Waals surface area contributed by atoms with E-state index in [1.165, 1.54) is 109 Å². The van der Waals surface area contributed by atoms with Gasteiger partial charge in [-0.05, 0) is 64.2 Å². The van der Waals surface area contributed by atoms with E-state index >= 15 is 0 Å². The van der Waals surface area contributed by atoms with E-state index in [9.17, 15) is 9.59 Å². The van der Waals surface area contributed by atoms with Crippen LogP contribution in [0.5, 0.6) is 0 Å². The lowest BCUT2D eigenvalue weighted by Gasteiger charge is -2.15. The zero-order chi connectivity index (χ0) is 30.8. The number of aliphatic hydroxyl groups excluding tert-OH is 1. The number of carbonyl (C=O) groups is 2. The first-order valence-corrected chi connectivity index (χ1v) is 18.4. The molecule has 1 atom stereocenters. The van der Waals surface area contributed by atoms with E-state index in [2.05, 4.69) is 43.5 Å². The molecule has 0 aliphatic carbocycles. The summed E-state index contributed by atoms with van der Waals surface area (Å²) in [6.07, 6.45) is 41.3. The van der Waals surface area contributed by atoms with Crippen molar-refractivity contribution in [1.82, 2.24) is 5.32 Å². The summed E-state index contributed by atoms with van der Waals surface area (Å²) in [5, 5.41) is 11.8. The fourth-order valence-corrected chi connectivity index (χ4v) is 5.53. The van der Waals surface area contributed by atoms with Crippen LogP contribution in [0.1, 0.15) is 187 Å². The van der Waals surface area contributed by atoms with Crippen LogP contribution in [-0.4, -0.2) is 29.9 Å². The van der Waals surface area contributed by atoms with E-state index in [0.29, 0.717) is 12.8 Å². The Kier molecular flexibility index (Phi) is 32.9. The predicted octanol–water partition coefficient (Wildman–Crippen LogP) is 11.0. The van der Waals surface area contributed by atoms with Crippen LogP contribution < -0.4 is 5.32 Å². The first kappa shape index (κ1) is 40.6. The van der Waals surface area contributed by atoms with Crippen molar-refractivity contribution >= 4 is 11.7 Å². The molecule has 0 radical (unpaired) electrons. The van der Waals surface area contributed by atoms with Crippen molar-refractivity contribution in [3.8, 4) is 0 Å². The maximum atomic E-state index is 12.9. The van der Waals surface area contributed by atoms with Gasteiger partial charge in [-0.15, -0.1) is 0 Å². The van der Waals surface area contributed by atoms with Crippen LogP contribution in [-0.2, 0) is 9.59 Å². The lowest BCUT2D eigenvalue weighted by atomic mass is 9.92. The van der Waals surface area contributed by atoms with Crippen molar-refractivity contribution in [1.29, 1.82) is 0 Å². The first-order valence-electron chi connectivity index (χ1n) is 18.4. The minimum absolute atomic E-state index is 0.0840. The third kappa shape index (κ3) is 28.7. The van der Waals surface area contributed by atoms with Crippen LogP contribution in [0.4, 0.5) is 0 Å². The number of unbranched alkanes of at least 4 members (excludes halogenated alkanes) is 21. The molecule has 0 saturated carbocycles. The van der Waals surface area contributed by atoms with E-state index in [1.54, 1.807) is 0 Å². The second-order valence-electron chi connectivity index (χ2n) is 12.4. The minimum Gasteiger partial charge on any atom is -0.395 e. The van der Waals surface area contributed by atoms with Crippen LogP contribution in [0.2, 0.25) is 0 Å². The molecule has 0 aliphatic rings. The fraction of sp³-hybridized carbons (Fsp3) is 0.842. The Morgan fingerprint density at radius 3 is 1.36 bits per heavy atom. The number of carbonyl (C=O) groups excluding carboxylic acids is 2. The van der Waals surface area contributed by atoms with Gasteiger partial charge in [0.2, 0.25) is 5.91 Å². The Balaban J connectivity index is 3.94. The summed E-state index contributed by atoms with van der Waals surface area (Å²) in [7, 11) is 0. The van der Waals surface area contributed by atoms with Gasteiger partial charge < -0.3 is 10.4 Å². The highest BCUT2D eigenvalue weighted by Crippen LogP contribution is 2.18. The van der Waals surface area contributed by atoms with Crippen LogP contribution in [0.15, 0.2) is 24.3 Å². The Morgan fingerprint density at radius 2 is 0.929 bits per heavy atom. The summed E-state index contributed by atoms with van der Waals surface area (Å²) >= 11 is 0. The Bertz CT molecular complexity index is 642. The number of aliphatic hydroxyl groups is 1. The van der Waals surface area contributed by atoms with Crippen LogP contribution >= 0.6 is 0 Å². The molecule has 0 spiro atoms. The van der Waals surface area contributed by atoms with E-state index < -0.39 is 5.92 Å². The van der Waals surface area contributed by atoms with Crippen molar-refractivity contribution < 1.29 is 14.7 Å². The molecule has 0 aromatic carbocycles. The number of ketones is 1. The molecule has 1 unspecified atom stereocenters. The molecule has 0 rings (SSSR count). The molecule has 0 fully saturated rings. The van der Waals surface area contributed by atoms with Crippen LogP contribution in [0, 0.1) is 5.92 Å². The van der Waals surface area contributed by atoms with Crippen LogP contribution in [0.3, 0.4) is 0 Å². The van der Waals surface area contributed by atoms with E-state index in [1.807, 2.05) is 0 Å². The van der Waals surface area contributed by atoms with E-state index in [4.69, 9.17) is 5.11 Å². The number of hydrogen-bond acceptors (Lipinski definition) is 3. The molecule has 42 heavy (non-hydrogen) atoms. The maximum Gasteiger partial charge on any atom is 0.230 e. The van der Waals surface area contributed by atoms with Gasteiger partial charge in [0.15, 0.2) is 0 Å². The SMILES string of the molecule is CCCCCCCCC=CCCCCCCCC(=O)C(CCCCCCC=CCCCCCCCC)C(=O)NCCO. The quantitative estimate of drug-likeness (QED) is 0.0454. The summed E-state index contributed by atoms with van der Waals surface area (Å²) in [6, 6.07) is 0. The first-order chi connectivity index (χ1) is 20.7. The highest BCUT2D eigenvalue weighted by molar-refractivity contribution is 6.01. The molecule has 246 valence electrons. The molecule has 1 amide bonds. The monoisotopic (exact) mass is 590 g/mol. The molecule has 0 bridgehead atoms. The number of amides is 1. The lowest BCUT2D eigenvalue weighted by Crippen LogP contribution is -2.36. The van der Waals surface area contributed by atoms with Gasteiger partial charge in [0.05, 0.1) is 12.5 Å². The molecule has 4 heteroatoms. The minimum atomic E-state index is -0.550. The highest BCUT2D eigenvalue weighted by atomic mass is 16.3. The predicted molar refractivity (Wildman–Crippen MR) is 183 cm³/mol. The van der Waals surface area contributed by atoms with Gasteiger partial charge in [0.25, 0.3) is 0 Å². The highest BCUT2D eigenvalue weighted by Gasteiger charge is 2.25. The van der Waals surface area contributed by atoms with Gasteiger partial charge in [0, 0.05) is 13.0 Å². The number of Topliss-reactive ketones (excluding diaryl/α,β-unsaturated/α-hetero) is 1. The normalized spacial score (nSPS) is 12.5. The summed E-state index contributed by atoms with van der Waals surface area (Å²) in [6.45, 7) is 4.66. The Morgan fingerprint density at radius 1 is 0.548 bits per heavy atom. The molecular weight excluding hydrogens is 518 g/mol. The number of rotatable bonds is 33. The third-order valence-corrected chi connectivity index (χ3v) is 8.31. The van der Waals surface area contributed by atoms with Crippen molar-refractivity contribution in [3.63, 3.8) is 0 Å². The second kappa shape index (κ2) is 34.1. The second-order valence-corrected chi connectivity index (χ2v) is 12.4. The molecule has 0 aromatic heterocycles. The van der Waals surface area contributed by atoms with Gasteiger partial charge in [-0.1, -0.05) is 141 Å². The number of allylic oxidation sites excluding steroid dienone is 4. The Labute approximate surface area is 262 Å². The lowest BCUT2D eigenvalue weighted by molar-refractivity contribution is -0.134. The summed E-state index contributed by atoms with van der Waals surface area (Å²) in [5.74, 6) is -0.661.